The molecule has 0 unspecified atom stereocenters. The van der Waals surface area contributed by atoms with E-state index in [0.717, 1.165) is 22.5 Å². The molecule has 0 amide bonds. The van der Waals surface area contributed by atoms with Gasteiger partial charge in [0.05, 0.1) is 34.6 Å². The molecule has 4 rings (SSSR count). The van der Waals surface area contributed by atoms with Crippen molar-refractivity contribution in [3.05, 3.63) is 83.8 Å². The van der Waals surface area contributed by atoms with Crippen LogP contribution in [0.4, 0.5) is 0 Å². The average molecular weight is 423 g/mol. The summed E-state index contributed by atoms with van der Waals surface area (Å²) in [6.07, 6.45) is 1.86. The van der Waals surface area contributed by atoms with Crippen LogP contribution in [0.3, 0.4) is 0 Å². The van der Waals surface area contributed by atoms with Gasteiger partial charge in [0, 0.05) is 18.3 Å². The number of aromatic nitrogens is 3. The van der Waals surface area contributed by atoms with Crippen LogP contribution in [-0.2, 0) is 16.6 Å². The normalized spacial score (nSPS) is 16.4. The summed E-state index contributed by atoms with van der Waals surface area (Å²) in [5.41, 5.74) is 4.31. The first-order valence-electron chi connectivity index (χ1n) is 9.49. The van der Waals surface area contributed by atoms with Gasteiger partial charge in [0.1, 0.15) is 0 Å². The number of thiazole rings is 1. The Balaban J connectivity index is 2.01. The smallest absolute Gasteiger partial charge is 0.338 e. The van der Waals surface area contributed by atoms with E-state index in [2.05, 4.69) is 10.1 Å². The zero-order valence-electron chi connectivity index (χ0n) is 17.5. The van der Waals surface area contributed by atoms with Gasteiger partial charge in [-0.05, 0) is 32.4 Å². The molecule has 1 aliphatic heterocycles. The fourth-order valence-corrected chi connectivity index (χ4v) is 4.80. The number of hydrogen-bond donors (Lipinski definition) is 0. The van der Waals surface area contributed by atoms with Gasteiger partial charge in [0.25, 0.3) is 5.56 Å². The van der Waals surface area contributed by atoms with Crippen LogP contribution in [0.15, 0.2) is 51.4 Å². The van der Waals surface area contributed by atoms with E-state index < -0.39 is 12.0 Å². The van der Waals surface area contributed by atoms with Gasteiger partial charge in [-0.3, -0.25) is 14.0 Å². The van der Waals surface area contributed by atoms with Gasteiger partial charge in [0.15, 0.2) is 4.80 Å². The largest absolute Gasteiger partial charge is 0.466 e. The monoisotopic (exact) mass is 422 g/mol. The minimum Gasteiger partial charge on any atom is -0.466 e. The van der Waals surface area contributed by atoms with Crippen LogP contribution >= 0.6 is 11.3 Å². The molecule has 8 heteroatoms. The van der Waals surface area contributed by atoms with E-state index in [1.54, 1.807) is 16.2 Å². The van der Waals surface area contributed by atoms with Gasteiger partial charge in [0.2, 0.25) is 0 Å². The minimum absolute atomic E-state index is 0.191. The fraction of sp³-hybridized carbons (Fsp3) is 0.273. The molecule has 154 valence electrons. The molecule has 7 nitrogen and oxygen atoms in total. The predicted octanol–water partition coefficient (Wildman–Crippen LogP) is 1.76. The van der Waals surface area contributed by atoms with Gasteiger partial charge < -0.3 is 4.74 Å². The highest BCUT2D eigenvalue weighted by Crippen LogP contribution is 2.30. The number of allylic oxidation sites excluding steroid dienone is 1. The Morgan fingerprint density at radius 2 is 1.90 bits per heavy atom. The summed E-state index contributed by atoms with van der Waals surface area (Å²) in [5, 5.41) is 4.43. The van der Waals surface area contributed by atoms with E-state index in [4.69, 9.17) is 4.74 Å². The second kappa shape index (κ2) is 7.53. The summed E-state index contributed by atoms with van der Waals surface area (Å²) >= 11 is 1.31. The fourth-order valence-electron chi connectivity index (χ4n) is 3.77. The number of hydrogen-bond acceptors (Lipinski definition) is 6. The topological polar surface area (TPSA) is 78.5 Å². The average Bonchev–Trinajstić information content (AvgIpc) is 3.17. The van der Waals surface area contributed by atoms with Crippen molar-refractivity contribution in [1.82, 2.24) is 14.3 Å². The first-order chi connectivity index (χ1) is 14.3. The van der Waals surface area contributed by atoms with Crippen molar-refractivity contribution < 1.29 is 9.53 Å². The van der Waals surface area contributed by atoms with Crippen molar-refractivity contribution in [2.24, 2.45) is 12.0 Å². The zero-order chi connectivity index (χ0) is 21.6. The Labute approximate surface area is 177 Å². The summed E-state index contributed by atoms with van der Waals surface area (Å²) in [6.45, 7) is 5.66. The van der Waals surface area contributed by atoms with Crippen molar-refractivity contribution in [3.63, 3.8) is 0 Å². The molecule has 2 aromatic heterocycles. The number of fused-ring (bicyclic) bond motifs is 1. The van der Waals surface area contributed by atoms with Crippen molar-refractivity contribution in [3.8, 4) is 0 Å². The molecule has 0 spiro atoms. The van der Waals surface area contributed by atoms with E-state index in [0.29, 0.717) is 20.6 Å². The molecule has 0 fully saturated rings. The van der Waals surface area contributed by atoms with Crippen LogP contribution in [0.5, 0.6) is 0 Å². The number of esters is 1. The summed E-state index contributed by atoms with van der Waals surface area (Å²) in [5.74, 6) is -0.488. The number of nitrogens with zero attached hydrogens (tertiary/aromatic N) is 4. The molecule has 3 heterocycles. The Morgan fingerprint density at radius 1 is 1.20 bits per heavy atom. The first kappa shape index (κ1) is 20.0. The number of aryl methyl sites for hydroxylation is 2. The lowest BCUT2D eigenvalue weighted by Gasteiger charge is -2.24. The lowest BCUT2D eigenvalue weighted by atomic mass is 9.96. The number of ether oxygens (including phenoxy) is 1. The highest BCUT2D eigenvalue weighted by atomic mass is 32.1. The van der Waals surface area contributed by atoms with Gasteiger partial charge in [-0.25, -0.2) is 9.79 Å². The molecule has 0 saturated carbocycles. The molecule has 1 atom stereocenters. The summed E-state index contributed by atoms with van der Waals surface area (Å²) in [7, 11) is 3.21. The predicted molar refractivity (Wildman–Crippen MR) is 115 cm³/mol. The molecular formula is C22H22N4O3S. The number of methoxy groups -OCH3 is 1. The van der Waals surface area contributed by atoms with E-state index in [1.165, 1.54) is 18.4 Å². The third-order valence-corrected chi connectivity index (χ3v) is 6.37. The SMILES string of the molecule is COC(=O)C1=C(C)N=c2s/c(=C/c3c(C)nn(C)c3C)c(=O)n2[C@H]1c1ccccc1. The summed E-state index contributed by atoms with van der Waals surface area (Å²) in [6, 6.07) is 8.89. The van der Waals surface area contributed by atoms with E-state index >= 15 is 0 Å². The lowest BCUT2D eigenvalue weighted by molar-refractivity contribution is -0.136. The summed E-state index contributed by atoms with van der Waals surface area (Å²) < 4.78 is 8.95. The highest BCUT2D eigenvalue weighted by Gasteiger charge is 2.32. The highest BCUT2D eigenvalue weighted by molar-refractivity contribution is 7.07. The first-order valence-corrected chi connectivity index (χ1v) is 10.3. The van der Waals surface area contributed by atoms with Gasteiger partial charge >= 0.3 is 5.97 Å². The quantitative estimate of drug-likeness (QED) is 0.603. The number of benzene rings is 1. The molecule has 0 aliphatic carbocycles. The van der Waals surface area contributed by atoms with Crippen LogP contribution < -0.4 is 14.9 Å². The summed E-state index contributed by atoms with van der Waals surface area (Å²) in [4.78, 5) is 31.2. The van der Waals surface area contributed by atoms with Gasteiger partial charge in [-0.1, -0.05) is 41.7 Å². The molecule has 0 radical (unpaired) electrons. The van der Waals surface area contributed by atoms with Crippen molar-refractivity contribution in [2.45, 2.75) is 26.8 Å². The maximum Gasteiger partial charge on any atom is 0.338 e. The van der Waals surface area contributed by atoms with E-state index in [1.807, 2.05) is 57.3 Å². The Kier molecular flexibility index (Phi) is 5.03. The molecule has 0 saturated heterocycles. The molecule has 1 aromatic carbocycles. The standard InChI is InChI=1S/C22H22N4O3S/c1-12-16(14(3)25(4)24-12)11-17-20(27)26-19(15-9-7-6-8-10-15)18(21(28)29-5)13(2)23-22(26)30-17/h6-11,19H,1-5H3/b17-11+/t19-/m0/s1. The Morgan fingerprint density at radius 3 is 2.50 bits per heavy atom. The van der Waals surface area contributed by atoms with Crippen LogP contribution in [0.1, 0.15) is 35.5 Å². The van der Waals surface area contributed by atoms with E-state index in [-0.39, 0.29) is 5.56 Å². The van der Waals surface area contributed by atoms with Crippen molar-refractivity contribution in [2.75, 3.05) is 7.11 Å². The molecule has 0 N–H and O–H groups in total. The third kappa shape index (κ3) is 3.13. The lowest BCUT2D eigenvalue weighted by Crippen LogP contribution is -2.39. The minimum atomic E-state index is -0.590. The van der Waals surface area contributed by atoms with E-state index in [9.17, 15) is 9.59 Å². The Hall–Kier alpha value is -3.26. The van der Waals surface area contributed by atoms with Gasteiger partial charge in [-0.2, -0.15) is 5.10 Å². The van der Waals surface area contributed by atoms with Gasteiger partial charge in [-0.15, -0.1) is 0 Å². The maximum absolute atomic E-state index is 13.5. The second-order valence-electron chi connectivity index (χ2n) is 7.19. The third-order valence-electron chi connectivity index (χ3n) is 5.38. The number of rotatable bonds is 3. The van der Waals surface area contributed by atoms with Crippen LogP contribution in [0.2, 0.25) is 0 Å². The van der Waals surface area contributed by atoms with Crippen LogP contribution in [-0.4, -0.2) is 27.4 Å². The maximum atomic E-state index is 13.5. The number of carbonyl (C=O) groups excluding carboxylic acids is 1. The zero-order valence-corrected chi connectivity index (χ0v) is 18.3. The second-order valence-corrected chi connectivity index (χ2v) is 8.20. The molecule has 1 aliphatic rings. The Bertz CT molecular complexity index is 1360. The van der Waals surface area contributed by atoms with Crippen molar-refractivity contribution in [1.29, 1.82) is 0 Å². The van der Waals surface area contributed by atoms with Crippen molar-refractivity contribution >= 4 is 23.4 Å². The molecule has 3 aromatic rings. The molecular weight excluding hydrogens is 400 g/mol. The van der Waals surface area contributed by atoms with Crippen LogP contribution in [0.25, 0.3) is 6.08 Å². The molecule has 0 bridgehead atoms. The number of carbonyl (C=O) groups is 1. The van der Waals surface area contributed by atoms with Crippen LogP contribution in [0, 0.1) is 13.8 Å². The molecule has 30 heavy (non-hydrogen) atoms.